The third kappa shape index (κ3) is 3.27. The zero-order valence-corrected chi connectivity index (χ0v) is 15.5. The van der Waals surface area contributed by atoms with Crippen LogP contribution in [0, 0.1) is 0 Å². The number of thiazole rings is 1. The summed E-state index contributed by atoms with van der Waals surface area (Å²) in [5, 5.41) is 7.60. The minimum atomic E-state index is 0.258. The van der Waals surface area contributed by atoms with E-state index in [0.717, 1.165) is 33.3 Å². The average Bonchev–Trinajstić information content (AvgIpc) is 3.42. The molecule has 0 saturated heterocycles. The molecule has 1 aliphatic heterocycles. The monoisotopic (exact) mass is 397 g/mol. The molecule has 0 unspecified atom stereocenters. The summed E-state index contributed by atoms with van der Waals surface area (Å²) in [4.78, 5) is 9.12. The lowest BCUT2D eigenvalue weighted by Crippen LogP contribution is -1.92. The summed E-state index contributed by atoms with van der Waals surface area (Å²) in [5.74, 6) is 2.56. The molecule has 0 radical (unpaired) electrons. The fourth-order valence-corrected chi connectivity index (χ4v) is 3.67. The summed E-state index contributed by atoms with van der Waals surface area (Å²) in [6.45, 7) is 0.258. The molecule has 3 heterocycles. The topological polar surface area (TPSA) is 70.3 Å². The van der Waals surface area contributed by atoms with E-state index < -0.39 is 0 Å². The van der Waals surface area contributed by atoms with Gasteiger partial charge in [0.15, 0.2) is 11.5 Å². The highest BCUT2D eigenvalue weighted by atomic mass is 35.5. The summed E-state index contributed by atoms with van der Waals surface area (Å²) in [6, 6.07) is 13.1. The maximum absolute atomic E-state index is 5.91. The summed E-state index contributed by atoms with van der Waals surface area (Å²) in [6.07, 6.45) is 0.482. The number of nitrogens with zero attached hydrogens (tertiary/aromatic N) is 3. The normalized spacial score (nSPS) is 12.5. The molecule has 4 aromatic rings. The Hall–Kier alpha value is -2.90. The van der Waals surface area contributed by atoms with Gasteiger partial charge in [0, 0.05) is 21.5 Å². The molecule has 27 heavy (non-hydrogen) atoms. The van der Waals surface area contributed by atoms with Gasteiger partial charge in [-0.1, -0.05) is 16.8 Å². The highest BCUT2D eigenvalue weighted by Crippen LogP contribution is 2.36. The van der Waals surface area contributed by atoms with Gasteiger partial charge in [0.25, 0.3) is 0 Å². The molecule has 0 aliphatic carbocycles. The van der Waals surface area contributed by atoms with Gasteiger partial charge >= 0.3 is 0 Å². The van der Waals surface area contributed by atoms with E-state index in [0.29, 0.717) is 23.2 Å². The molecule has 0 N–H and O–H groups in total. The van der Waals surface area contributed by atoms with Crippen molar-refractivity contribution in [3.05, 3.63) is 63.8 Å². The Balaban J connectivity index is 1.34. The summed E-state index contributed by atoms with van der Waals surface area (Å²) >= 11 is 7.46. The molecule has 0 spiro atoms. The van der Waals surface area contributed by atoms with Crippen LogP contribution in [0.5, 0.6) is 11.5 Å². The Morgan fingerprint density at radius 2 is 1.78 bits per heavy atom. The minimum Gasteiger partial charge on any atom is -0.454 e. The Labute approximate surface area is 163 Å². The van der Waals surface area contributed by atoms with Crippen molar-refractivity contribution >= 4 is 22.9 Å². The number of hydrogen-bond acceptors (Lipinski definition) is 7. The van der Waals surface area contributed by atoms with Gasteiger partial charge in [-0.2, -0.15) is 4.98 Å². The number of hydrogen-bond donors (Lipinski definition) is 0. The van der Waals surface area contributed by atoms with Crippen molar-refractivity contribution in [3.63, 3.8) is 0 Å². The molecule has 8 heteroatoms. The van der Waals surface area contributed by atoms with Gasteiger partial charge < -0.3 is 14.0 Å². The van der Waals surface area contributed by atoms with Crippen molar-refractivity contribution in [1.29, 1.82) is 0 Å². The third-order valence-electron chi connectivity index (χ3n) is 4.09. The van der Waals surface area contributed by atoms with E-state index in [4.69, 9.17) is 25.6 Å². The van der Waals surface area contributed by atoms with Gasteiger partial charge in [-0.15, -0.1) is 11.3 Å². The van der Waals surface area contributed by atoms with E-state index in [9.17, 15) is 0 Å². The lowest BCUT2D eigenvalue weighted by Gasteiger charge is -1.99. The fraction of sp³-hybridized carbons (Fsp3) is 0.105. The smallest absolute Gasteiger partial charge is 0.233 e. The second-order valence-electron chi connectivity index (χ2n) is 5.89. The molecule has 2 aromatic carbocycles. The SMILES string of the molecule is Clc1ccc(-c2noc(Cc3nc(-c4ccc5c(c4)OCO5)cs3)n2)cc1. The van der Waals surface area contributed by atoms with Gasteiger partial charge in [-0.25, -0.2) is 4.98 Å². The van der Waals surface area contributed by atoms with Crippen molar-refractivity contribution in [2.75, 3.05) is 6.79 Å². The second-order valence-corrected chi connectivity index (χ2v) is 7.27. The second kappa shape index (κ2) is 6.68. The highest BCUT2D eigenvalue weighted by Gasteiger charge is 2.16. The van der Waals surface area contributed by atoms with E-state index in [1.807, 2.05) is 35.7 Å². The quantitative estimate of drug-likeness (QED) is 0.491. The molecule has 0 bridgehead atoms. The van der Waals surface area contributed by atoms with E-state index in [1.54, 1.807) is 23.5 Å². The standard InChI is InChI=1S/C19H12ClN3O3S/c20-13-4-1-11(2-5-13)19-22-17(26-23-19)8-18-21-14(9-27-18)12-3-6-15-16(7-12)25-10-24-15/h1-7,9H,8,10H2. The Morgan fingerprint density at radius 1 is 0.963 bits per heavy atom. The zero-order valence-electron chi connectivity index (χ0n) is 13.9. The average molecular weight is 398 g/mol. The van der Waals surface area contributed by atoms with Gasteiger partial charge in [0.1, 0.15) is 5.01 Å². The van der Waals surface area contributed by atoms with Crippen LogP contribution >= 0.6 is 22.9 Å². The van der Waals surface area contributed by atoms with Crippen molar-refractivity contribution in [2.24, 2.45) is 0 Å². The molecule has 2 aromatic heterocycles. The van der Waals surface area contributed by atoms with Crippen molar-refractivity contribution in [2.45, 2.75) is 6.42 Å². The van der Waals surface area contributed by atoms with Gasteiger partial charge in [-0.05, 0) is 42.5 Å². The highest BCUT2D eigenvalue weighted by molar-refractivity contribution is 7.10. The van der Waals surface area contributed by atoms with Crippen LogP contribution in [-0.2, 0) is 6.42 Å². The molecule has 1 aliphatic rings. The molecule has 0 amide bonds. The van der Waals surface area contributed by atoms with Gasteiger partial charge in [-0.3, -0.25) is 0 Å². The number of fused-ring (bicyclic) bond motifs is 1. The minimum absolute atomic E-state index is 0.258. The van der Waals surface area contributed by atoms with Crippen LogP contribution in [0.2, 0.25) is 5.02 Å². The summed E-state index contributed by atoms with van der Waals surface area (Å²) in [5.41, 5.74) is 2.72. The molecule has 6 nitrogen and oxygen atoms in total. The molecule has 0 fully saturated rings. The van der Waals surface area contributed by atoms with Crippen molar-refractivity contribution in [3.8, 4) is 34.1 Å². The third-order valence-corrected chi connectivity index (χ3v) is 5.19. The Kier molecular flexibility index (Phi) is 4.03. The van der Waals surface area contributed by atoms with Gasteiger partial charge in [0.05, 0.1) is 12.1 Å². The lowest BCUT2D eigenvalue weighted by molar-refractivity contribution is 0.174. The maximum Gasteiger partial charge on any atom is 0.233 e. The number of aromatic nitrogens is 3. The molecule has 0 atom stereocenters. The van der Waals surface area contributed by atoms with Gasteiger partial charge in [0.2, 0.25) is 18.5 Å². The molecule has 0 saturated carbocycles. The Morgan fingerprint density at radius 3 is 2.67 bits per heavy atom. The first kappa shape index (κ1) is 16.3. The molecule has 5 rings (SSSR count). The largest absolute Gasteiger partial charge is 0.454 e. The van der Waals surface area contributed by atoms with Crippen molar-refractivity contribution in [1.82, 2.24) is 15.1 Å². The molecular weight excluding hydrogens is 386 g/mol. The van der Waals surface area contributed by atoms with Crippen molar-refractivity contribution < 1.29 is 14.0 Å². The maximum atomic E-state index is 5.91. The molecular formula is C19H12ClN3O3S. The number of benzene rings is 2. The van der Waals surface area contributed by atoms with Crippen LogP contribution in [0.1, 0.15) is 10.9 Å². The summed E-state index contributed by atoms with van der Waals surface area (Å²) < 4.78 is 16.1. The van der Waals surface area contributed by atoms with Crippen LogP contribution in [-0.4, -0.2) is 21.9 Å². The van der Waals surface area contributed by atoms with E-state index >= 15 is 0 Å². The number of rotatable bonds is 4. The Bertz CT molecular complexity index is 1110. The first-order chi connectivity index (χ1) is 13.2. The predicted molar refractivity (Wildman–Crippen MR) is 101 cm³/mol. The lowest BCUT2D eigenvalue weighted by atomic mass is 10.1. The summed E-state index contributed by atoms with van der Waals surface area (Å²) in [7, 11) is 0. The first-order valence-corrected chi connectivity index (χ1v) is 9.43. The number of ether oxygens (including phenoxy) is 2. The predicted octanol–water partition coefficient (Wildman–Crippen LogP) is 4.83. The van der Waals surface area contributed by atoms with Crippen LogP contribution in [0.3, 0.4) is 0 Å². The fourth-order valence-electron chi connectivity index (χ4n) is 2.75. The van der Waals surface area contributed by atoms with E-state index in [1.165, 1.54) is 0 Å². The molecule has 134 valence electrons. The first-order valence-electron chi connectivity index (χ1n) is 8.17. The van der Waals surface area contributed by atoms with Crippen LogP contribution in [0.15, 0.2) is 52.4 Å². The van der Waals surface area contributed by atoms with Crippen LogP contribution in [0.4, 0.5) is 0 Å². The van der Waals surface area contributed by atoms with E-state index in [2.05, 4.69) is 15.1 Å². The number of halogens is 1. The zero-order chi connectivity index (χ0) is 18.2. The van der Waals surface area contributed by atoms with E-state index in [-0.39, 0.29) is 6.79 Å². The van der Waals surface area contributed by atoms with Crippen LogP contribution in [0.25, 0.3) is 22.6 Å². The van der Waals surface area contributed by atoms with Crippen LogP contribution < -0.4 is 9.47 Å².